The molecule has 1 fully saturated rings. The first-order chi connectivity index (χ1) is 12.7. The minimum Gasteiger partial charge on any atom is -0.466 e. The predicted octanol–water partition coefficient (Wildman–Crippen LogP) is 5.21. The number of rotatable bonds is 7. The molecule has 5 heteroatoms. The summed E-state index contributed by atoms with van der Waals surface area (Å²) in [6.45, 7) is 7.44. The molecule has 0 N–H and O–H groups in total. The Morgan fingerprint density at radius 3 is 2.92 bits per heavy atom. The topological polar surface area (TPSA) is 29.5 Å². The van der Waals surface area contributed by atoms with Gasteiger partial charge in [0.25, 0.3) is 0 Å². The zero-order chi connectivity index (χ0) is 18.4. The summed E-state index contributed by atoms with van der Waals surface area (Å²) in [6.07, 6.45) is 5.41. The number of ether oxygens (including phenoxy) is 1. The molecule has 0 spiro atoms. The lowest BCUT2D eigenvalue weighted by molar-refractivity contribution is -0.149. The average Bonchev–Trinajstić information content (AvgIpc) is 3.31. The van der Waals surface area contributed by atoms with Crippen LogP contribution in [0.4, 0.5) is 0 Å². The van der Waals surface area contributed by atoms with E-state index in [2.05, 4.69) is 46.9 Å². The Kier molecular flexibility index (Phi) is 7.06. The molecular formula is C21H27NO2S2. The fourth-order valence-corrected chi connectivity index (χ4v) is 5.31. The zero-order valence-electron chi connectivity index (χ0n) is 15.6. The third-order valence-corrected chi connectivity index (χ3v) is 6.77. The van der Waals surface area contributed by atoms with Crippen LogP contribution in [-0.2, 0) is 9.53 Å². The van der Waals surface area contributed by atoms with Gasteiger partial charge in [-0.1, -0.05) is 12.1 Å². The van der Waals surface area contributed by atoms with Gasteiger partial charge in [0, 0.05) is 28.4 Å². The molecule has 1 atom stereocenters. The lowest BCUT2D eigenvalue weighted by Gasteiger charge is -2.31. The quantitative estimate of drug-likeness (QED) is 0.609. The summed E-state index contributed by atoms with van der Waals surface area (Å²) in [7, 11) is 0. The number of nitrogens with zero attached hydrogens (tertiary/aromatic N) is 1. The van der Waals surface area contributed by atoms with Gasteiger partial charge in [-0.05, 0) is 68.1 Å². The molecule has 1 aliphatic rings. The molecule has 0 radical (unpaired) electrons. The predicted molar refractivity (Wildman–Crippen MR) is 111 cm³/mol. The third-order valence-electron chi connectivity index (χ3n) is 4.81. The van der Waals surface area contributed by atoms with Gasteiger partial charge in [-0.15, -0.1) is 22.7 Å². The van der Waals surface area contributed by atoms with Crippen molar-refractivity contribution < 1.29 is 9.53 Å². The van der Waals surface area contributed by atoms with Crippen LogP contribution in [0.1, 0.15) is 41.5 Å². The van der Waals surface area contributed by atoms with E-state index in [1.54, 1.807) is 11.3 Å². The van der Waals surface area contributed by atoms with E-state index in [0.717, 1.165) is 38.9 Å². The van der Waals surface area contributed by atoms with Crippen molar-refractivity contribution in [2.24, 2.45) is 5.92 Å². The second-order valence-corrected chi connectivity index (χ2v) is 8.57. The van der Waals surface area contributed by atoms with Crippen LogP contribution in [0.3, 0.4) is 0 Å². The molecule has 1 unspecified atom stereocenters. The molecule has 140 valence electrons. The number of carbonyl (C=O) groups is 1. The lowest BCUT2D eigenvalue weighted by Crippen LogP contribution is -2.39. The number of piperidine rings is 1. The standard InChI is InChI=1S/C21H27NO2S2/c1-3-24-21(23)17-7-4-11-22(15-17)12-5-8-18(19-9-6-13-25-19)20-16(2)10-14-26-20/h6,8-10,13-14,17H,3-5,7,11-12,15H2,1-2H3. The molecule has 2 aromatic heterocycles. The summed E-state index contributed by atoms with van der Waals surface area (Å²) < 4.78 is 5.21. The Bertz CT molecular complexity index is 733. The molecule has 0 saturated carbocycles. The minimum absolute atomic E-state index is 0.0266. The maximum absolute atomic E-state index is 12.0. The molecular weight excluding hydrogens is 362 g/mol. The highest BCUT2D eigenvalue weighted by atomic mass is 32.1. The zero-order valence-corrected chi connectivity index (χ0v) is 17.2. The summed E-state index contributed by atoms with van der Waals surface area (Å²) >= 11 is 3.61. The van der Waals surface area contributed by atoms with Crippen LogP contribution in [0.5, 0.6) is 0 Å². The molecule has 0 aliphatic carbocycles. The van der Waals surface area contributed by atoms with Crippen LogP contribution in [0, 0.1) is 12.8 Å². The maximum Gasteiger partial charge on any atom is 0.310 e. The summed E-state index contributed by atoms with van der Waals surface area (Å²) in [5, 5.41) is 4.31. The van der Waals surface area contributed by atoms with Crippen molar-refractivity contribution in [2.45, 2.75) is 33.1 Å². The Morgan fingerprint density at radius 1 is 1.35 bits per heavy atom. The van der Waals surface area contributed by atoms with Gasteiger partial charge in [-0.25, -0.2) is 0 Å². The van der Waals surface area contributed by atoms with Gasteiger partial charge in [0.1, 0.15) is 0 Å². The van der Waals surface area contributed by atoms with E-state index in [-0.39, 0.29) is 11.9 Å². The minimum atomic E-state index is -0.0266. The highest BCUT2D eigenvalue weighted by Gasteiger charge is 2.26. The van der Waals surface area contributed by atoms with Gasteiger partial charge in [-0.3, -0.25) is 4.79 Å². The normalized spacial score (nSPS) is 18.8. The molecule has 1 aliphatic heterocycles. The van der Waals surface area contributed by atoms with E-state index in [4.69, 9.17) is 4.74 Å². The molecule has 1 saturated heterocycles. The van der Waals surface area contributed by atoms with Gasteiger partial charge < -0.3 is 9.64 Å². The lowest BCUT2D eigenvalue weighted by atomic mass is 9.98. The highest BCUT2D eigenvalue weighted by molar-refractivity contribution is 7.13. The van der Waals surface area contributed by atoms with Crippen LogP contribution in [-0.4, -0.2) is 37.1 Å². The van der Waals surface area contributed by atoms with Crippen molar-refractivity contribution in [3.63, 3.8) is 0 Å². The SMILES string of the molecule is CCOC(=O)C1CCCN(CCC=C(c2cccs2)c2sccc2C)C1. The van der Waals surface area contributed by atoms with E-state index in [0.29, 0.717) is 6.61 Å². The molecule has 0 aromatic carbocycles. The molecule has 0 amide bonds. The molecule has 2 aromatic rings. The largest absolute Gasteiger partial charge is 0.466 e. The van der Waals surface area contributed by atoms with Crippen LogP contribution in [0.15, 0.2) is 35.0 Å². The van der Waals surface area contributed by atoms with Crippen molar-refractivity contribution >= 4 is 34.2 Å². The van der Waals surface area contributed by atoms with Crippen molar-refractivity contribution in [1.82, 2.24) is 4.90 Å². The fourth-order valence-electron chi connectivity index (χ4n) is 3.49. The molecule has 3 rings (SSSR count). The third kappa shape index (κ3) is 4.84. The van der Waals surface area contributed by atoms with Crippen molar-refractivity contribution in [3.05, 3.63) is 50.4 Å². The maximum atomic E-state index is 12.0. The smallest absolute Gasteiger partial charge is 0.310 e. The van der Waals surface area contributed by atoms with E-state index in [1.165, 1.54) is 20.9 Å². The van der Waals surface area contributed by atoms with E-state index in [1.807, 2.05) is 18.3 Å². The molecule has 0 bridgehead atoms. The summed E-state index contributed by atoms with van der Waals surface area (Å²) in [4.78, 5) is 17.1. The Hall–Kier alpha value is -1.43. The molecule has 3 nitrogen and oxygen atoms in total. The van der Waals surface area contributed by atoms with Gasteiger partial charge >= 0.3 is 5.97 Å². The molecule has 3 heterocycles. The summed E-state index contributed by atoms with van der Waals surface area (Å²) in [6, 6.07) is 6.51. The first-order valence-corrected chi connectivity index (χ1v) is 11.1. The number of hydrogen-bond donors (Lipinski definition) is 0. The second kappa shape index (κ2) is 9.49. The Balaban J connectivity index is 1.64. The number of esters is 1. The van der Waals surface area contributed by atoms with Crippen LogP contribution in [0.2, 0.25) is 0 Å². The van der Waals surface area contributed by atoms with Gasteiger partial charge in [0.2, 0.25) is 0 Å². The van der Waals surface area contributed by atoms with Crippen LogP contribution < -0.4 is 0 Å². The molecule has 26 heavy (non-hydrogen) atoms. The van der Waals surface area contributed by atoms with E-state index < -0.39 is 0 Å². The van der Waals surface area contributed by atoms with E-state index >= 15 is 0 Å². The van der Waals surface area contributed by atoms with Gasteiger partial charge in [-0.2, -0.15) is 0 Å². The first kappa shape index (κ1) is 19.3. The van der Waals surface area contributed by atoms with Crippen LogP contribution >= 0.6 is 22.7 Å². The van der Waals surface area contributed by atoms with Crippen LogP contribution in [0.25, 0.3) is 5.57 Å². The highest BCUT2D eigenvalue weighted by Crippen LogP contribution is 2.33. The average molecular weight is 390 g/mol. The van der Waals surface area contributed by atoms with Crippen molar-refractivity contribution in [2.75, 3.05) is 26.2 Å². The van der Waals surface area contributed by atoms with Crippen molar-refractivity contribution in [3.8, 4) is 0 Å². The monoisotopic (exact) mass is 389 g/mol. The summed E-state index contributed by atoms with van der Waals surface area (Å²) in [5.74, 6) is 0.0187. The van der Waals surface area contributed by atoms with Gasteiger partial charge in [0.05, 0.1) is 12.5 Å². The number of hydrogen-bond acceptors (Lipinski definition) is 5. The van der Waals surface area contributed by atoms with Gasteiger partial charge in [0.15, 0.2) is 0 Å². The summed E-state index contributed by atoms with van der Waals surface area (Å²) in [5.41, 5.74) is 2.70. The number of aryl methyl sites for hydroxylation is 1. The Labute approximate surface area is 164 Å². The number of thiophene rings is 2. The van der Waals surface area contributed by atoms with Crippen molar-refractivity contribution in [1.29, 1.82) is 0 Å². The fraction of sp³-hybridized carbons (Fsp3) is 0.476. The van der Waals surface area contributed by atoms with E-state index in [9.17, 15) is 4.79 Å². The first-order valence-electron chi connectivity index (χ1n) is 9.36. The second-order valence-electron chi connectivity index (χ2n) is 6.71. The number of carbonyl (C=O) groups excluding carboxylic acids is 1. The Morgan fingerprint density at radius 2 is 2.23 bits per heavy atom. The number of likely N-dealkylation sites (tertiary alicyclic amines) is 1.